The molecule has 0 aliphatic heterocycles. The average molecular weight is 266 g/mol. The normalized spacial score (nSPS) is 9.79. The predicted octanol–water partition coefficient (Wildman–Crippen LogP) is -0.0310. The van der Waals surface area contributed by atoms with E-state index in [9.17, 15) is 9.90 Å². The first-order valence-electron chi connectivity index (χ1n) is 5.66. The molecule has 0 atom stereocenters. The molecule has 2 aromatic rings. The maximum Gasteiger partial charge on any atom is 1.00 e. The van der Waals surface area contributed by atoms with Crippen LogP contribution >= 0.6 is 0 Å². The summed E-state index contributed by atoms with van der Waals surface area (Å²) in [6.45, 7) is 1.81. The van der Waals surface area contributed by atoms with Crippen molar-refractivity contribution in [1.82, 2.24) is 0 Å². The summed E-state index contributed by atoms with van der Waals surface area (Å²) in [7, 11) is 0. The number of carboxylic acid groups (broad SMARTS) is 1. The minimum absolute atomic E-state index is 0. The van der Waals surface area contributed by atoms with Gasteiger partial charge in [0.25, 0.3) is 0 Å². The van der Waals surface area contributed by atoms with Crippen molar-refractivity contribution < 1.29 is 46.0 Å². The van der Waals surface area contributed by atoms with Crippen LogP contribution in [0.1, 0.15) is 22.9 Å². The average Bonchev–Trinajstić information content (AvgIpc) is 2.38. The molecule has 0 radical (unpaired) electrons. The van der Waals surface area contributed by atoms with Crippen molar-refractivity contribution in [3.05, 3.63) is 59.2 Å². The molecule has 0 spiro atoms. The van der Waals surface area contributed by atoms with Crippen molar-refractivity contribution in [2.75, 3.05) is 0 Å². The molecule has 19 heavy (non-hydrogen) atoms. The number of hydrogen-bond donors (Lipinski definition) is 2. The monoisotopic (exact) mass is 266 g/mol. The summed E-state index contributed by atoms with van der Waals surface area (Å²) in [6, 6.07) is 12.6. The van der Waals surface area contributed by atoms with E-state index < -0.39 is 5.97 Å². The van der Waals surface area contributed by atoms with E-state index in [1.54, 1.807) is 12.1 Å². The van der Waals surface area contributed by atoms with Crippen molar-refractivity contribution in [3.63, 3.8) is 0 Å². The molecule has 0 heterocycles. The largest absolute Gasteiger partial charge is 1.00 e. The second-order valence-electron chi connectivity index (χ2n) is 4.15. The molecule has 94 valence electrons. The Morgan fingerprint density at radius 1 is 1.16 bits per heavy atom. The molecule has 0 saturated heterocycles. The van der Waals surface area contributed by atoms with Gasteiger partial charge in [0, 0.05) is 0 Å². The molecule has 0 fully saturated rings. The minimum Gasteiger partial charge on any atom is -1.00 e. The number of aliphatic hydroxyl groups excluding tert-OH is 1. The Kier molecular flexibility index (Phi) is 5.76. The topological polar surface area (TPSA) is 57.5 Å². The number of aryl methyl sites for hydroxylation is 1. The van der Waals surface area contributed by atoms with Crippen LogP contribution in [0, 0.1) is 6.92 Å². The molecule has 0 unspecified atom stereocenters. The third kappa shape index (κ3) is 3.45. The first kappa shape index (κ1) is 15.9. The summed E-state index contributed by atoms with van der Waals surface area (Å²) < 4.78 is 0. The van der Waals surface area contributed by atoms with Gasteiger partial charge in [-0.15, -0.1) is 0 Å². The van der Waals surface area contributed by atoms with E-state index in [1.807, 2.05) is 31.2 Å². The predicted molar refractivity (Wildman–Crippen MR) is 70.6 cm³/mol. The zero-order valence-corrected chi connectivity index (χ0v) is 13.1. The molecule has 0 saturated carbocycles. The number of aliphatic hydroxyl groups is 1. The number of carbonyl (C=O) groups is 1. The molecule has 4 heteroatoms. The van der Waals surface area contributed by atoms with Crippen LogP contribution in [0.15, 0.2) is 42.5 Å². The van der Waals surface area contributed by atoms with E-state index in [0.717, 1.165) is 16.7 Å². The van der Waals surface area contributed by atoms with Crippen LogP contribution in [0.4, 0.5) is 0 Å². The number of rotatable bonds is 3. The van der Waals surface area contributed by atoms with Gasteiger partial charge in [-0.1, -0.05) is 30.3 Å². The fourth-order valence-electron chi connectivity index (χ4n) is 2.00. The minimum atomic E-state index is -0.985. The van der Waals surface area contributed by atoms with E-state index in [-0.39, 0.29) is 43.2 Å². The number of carboxylic acids is 1. The van der Waals surface area contributed by atoms with E-state index >= 15 is 0 Å². The molecule has 2 aromatic carbocycles. The summed E-state index contributed by atoms with van der Waals surface area (Å²) in [5.41, 5.74) is 3.80. The van der Waals surface area contributed by atoms with E-state index in [4.69, 9.17) is 5.11 Å². The molecule has 0 aliphatic rings. The van der Waals surface area contributed by atoms with Gasteiger partial charge in [-0.2, -0.15) is 0 Å². The summed E-state index contributed by atoms with van der Waals surface area (Å²) in [4.78, 5) is 10.9. The van der Waals surface area contributed by atoms with Crippen LogP contribution < -0.4 is 29.6 Å². The van der Waals surface area contributed by atoms with E-state index in [2.05, 4.69) is 0 Å². The van der Waals surface area contributed by atoms with Gasteiger partial charge in [-0.25, -0.2) is 4.79 Å². The standard InChI is InChI=1S/C15H14O3.Na.H/c1-10-4-2-3-5-13(10)14-7-6-11(15(17)18)8-12(14)9-16;;/h2-8,16H,9H2,1H3,(H,17,18);;/q;+1;-1. The Hall–Kier alpha value is -1.13. The Labute approximate surface area is 135 Å². The zero-order chi connectivity index (χ0) is 13.1. The van der Waals surface area contributed by atoms with Crippen LogP contribution in [-0.4, -0.2) is 16.2 Å². The number of aromatic carboxylic acids is 1. The first-order valence-corrected chi connectivity index (χ1v) is 5.66. The maximum atomic E-state index is 10.9. The summed E-state index contributed by atoms with van der Waals surface area (Å²) >= 11 is 0. The van der Waals surface area contributed by atoms with Gasteiger partial charge in [0.15, 0.2) is 0 Å². The SMILES string of the molecule is Cc1ccccc1-c1ccc(C(=O)O)cc1CO.[H-].[Na+]. The van der Waals surface area contributed by atoms with Gasteiger partial charge in [-0.3, -0.25) is 0 Å². The molecule has 2 N–H and O–H groups in total. The van der Waals surface area contributed by atoms with Crippen LogP contribution in [-0.2, 0) is 6.61 Å². The number of benzene rings is 2. The Morgan fingerprint density at radius 3 is 2.42 bits per heavy atom. The quantitative estimate of drug-likeness (QED) is 0.767. The summed E-state index contributed by atoms with van der Waals surface area (Å²) in [5.74, 6) is -0.985. The third-order valence-corrected chi connectivity index (χ3v) is 2.96. The second kappa shape index (κ2) is 6.87. The van der Waals surface area contributed by atoms with Crippen molar-refractivity contribution in [3.8, 4) is 11.1 Å². The van der Waals surface area contributed by atoms with Crippen molar-refractivity contribution >= 4 is 5.97 Å². The van der Waals surface area contributed by atoms with Crippen molar-refractivity contribution in [2.24, 2.45) is 0 Å². The van der Waals surface area contributed by atoms with Gasteiger partial charge in [-0.05, 0) is 41.3 Å². The molecule has 2 rings (SSSR count). The fourth-order valence-corrected chi connectivity index (χ4v) is 2.00. The number of hydrogen-bond acceptors (Lipinski definition) is 2. The van der Waals surface area contributed by atoms with Crippen molar-refractivity contribution in [1.29, 1.82) is 0 Å². The van der Waals surface area contributed by atoms with Crippen LogP contribution in [0.5, 0.6) is 0 Å². The van der Waals surface area contributed by atoms with E-state index in [0.29, 0.717) is 5.56 Å². The summed E-state index contributed by atoms with van der Waals surface area (Å²) in [6.07, 6.45) is 0. The van der Waals surface area contributed by atoms with E-state index in [1.165, 1.54) is 6.07 Å². The molecular formula is C15H15NaO3. The van der Waals surface area contributed by atoms with Gasteiger partial charge < -0.3 is 11.6 Å². The Morgan fingerprint density at radius 2 is 1.84 bits per heavy atom. The van der Waals surface area contributed by atoms with Crippen LogP contribution in [0.3, 0.4) is 0 Å². The Bertz CT molecular complexity index is 599. The Balaban J connectivity index is 0.00000180. The maximum absolute atomic E-state index is 10.9. The van der Waals surface area contributed by atoms with Gasteiger partial charge >= 0.3 is 35.5 Å². The fraction of sp³-hybridized carbons (Fsp3) is 0.133. The molecular weight excluding hydrogens is 251 g/mol. The molecule has 3 nitrogen and oxygen atoms in total. The first-order chi connectivity index (χ1) is 8.63. The van der Waals surface area contributed by atoms with Crippen LogP contribution in [0.25, 0.3) is 11.1 Å². The van der Waals surface area contributed by atoms with Crippen LogP contribution in [0.2, 0.25) is 0 Å². The van der Waals surface area contributed by atoms with Gasteiger partial charge in [0.2, 0.25) is 0 Å². The molecule has 0 bridgehead atoms. The van der Waals surface area contributed by atoms with Gasteiger partial charge in [0.1, 0.15) is 0 Å². The molecule has 0 aromatic heterocycles. The zero-order valence-electron chi connectivity index (χ0n) is 12.1. The molecule has 0 aliphatic carbocycles. The van der Waals surface area contributed by atoms with Gasteiger partial charge in [0.05, 0.1) is 12.2 Å². The smallest absolute Gasteiger partial charge is 1.00 e. The third-order valence-electron chi connectivity index (χ3n) is 2.96. The van der Waals surface area contributed by atoms with Crippen molar-refractivity contribution in [2.45, 2.75) is 13.5 Å². The summed E-state index contributed by atoms with van der Waals surface area (Å²) in [5, 5.41) is 18.3. The second-order valence-corrected chi connectivity index (χ2v) is 4.15. The molecule has 0 amide bonds.